The summed E-state index contributed by atoms with van der Waals surface area (Å²) in [6.07, 6.45) is 1.97. The summed E-state index contributed by atoms with van der Waals surface area (Å²) in [6, 6.07) is 24.8. The third kappa shape index (κ3) is 2.70. The number of benzene rings is 3. The maximum atomic E-state index is 9.49. The molecule has 0 aliphatic carbocycles. The van der Waals surface area contributed by atoms with Gasteiger partial charge in [-0.3, -0.25) is 0 Å². The lowest BCUT2D eigenvalue weighted by Gasteiger charge is -2.04. The van der Waals surface area contributed by atoms with Crippen LogP contribution in [-0.4, -0.2) is 0 Å². The third-order valence-electron chi connectivity index (χ3n) is 3.57. The van der Waals surface area contributed by atoms with Crippen LogP contribution in [0, 0.1) is 18.3 Å². The Kier molecular flexibility index (Phi) is 3.53. The summed E-state index contributed by atoms with van der Waals surface area (Å²) in [7, 11) is 0. The van der Waals surface area contributed by atoms with Gasteiger partial charge in [0.15, 0.2) is 0 Å². The van der Waals surface area contributed by atoms with Crippen molar-refractivity contribution < 1.29 is 0 Å². The summed E-state index contributed by atoms with van der Waals surface area (Å²) in [6.45, 7) is 2.04. The van der Waals surface area contributed by atoms with Gasteiger partial charge in [0.25, 0.3) is 0 Å². The first-order valence-electron chi connectivity index (χ1n) is 6.94. The summed E-state index contributed by atoms with van der Waals surface area (Å²) in [4.78, 5) is 0. The first-order chi connectivity index (χ1) is 10.3. The van der Waals surface area contributed by atoms with Crippen LogP contribution in [0.25, 0.3) is 22.4 Å². The Morgan fingerprint density at radius 1 is 0.952 bits per heavy atom. The molecule has 3 aromatic carbocycles. The van der Waals surface area contributed by atoms with E-state index in [1.165, 1.54) is 10.8 Å². The van der Waals surface area contributed by atoms with E-state index in [1.807, 2.05) is 55.5 Å². The van der Waals surface area contributed by atoms with Crippen molar-refractivity contribution in [2.75, 3.05) is 0 Å². The fourth-order valence-corrected chi connectivity index (χ4v) is 2.52. The second-order valence-corrected chi connectivity index (χ2v) is 5.11. The van der Waals surface area contributed by atoms with Crippen LogP contribution in [0.4, 0.5) is 0 Å². The van der Waals surface area contributed by atoms with Gasteiger partial charge >= 0.3 is 0 Å². The molecule has 0 aromatic heterocycles. The number of fused-ring (bicyclic) bond motifs is 1. The van der Waals surface area contributed by atoms with E-state index in [-0.39, 0.29) is 0 Å². The minimum atomic E-state index is 0.690. The fraction of sp³-hybridized carbons (Fsp3) is 0.0500. The Labute approximate surface area is 124 Å². The predicted octanol–water partition coefficient (Wildman–Crippen LogP) is 5.21. The molecule has 0 bridgehead atoms. The van der Waals surface area contributed by atoms with Gasteiger partial charge in [-0.2, -0.15) is 5.26 Å². The normalized spacial score (nSPS) is 11.3. The lowest BCUT2D eigenvalue weighted by molar-refractivity contribution is 1.45. The second kappa shape index (κ2) is 5.64. The lowest BCUT2D eigenvalue weighted by atomic mass is 9.99. The highest BCUT2D eigenvalue weighted by molar-refractivity contribution is 5.98. The predicted molar refractivity (Wildman–Crippen MR) is 88.6 cm³/mol. The van der Waals surface area contributed by atoms with E-state index in [1.54, 1.807) is 0 Å². The minimum absolute atomic E-state index is 0.690. The monoisotopic (exact) mass is 269 g/mol. The SMILES string of the molecule is Cc1cccc(C(C#N)=Cc2cccc3ccccc23)c1. The van der Waals surface area contributed by atoms with E-state index >= 15 is 0 Å². The summed E-state index contributed by atoms with van der Waals surface area (Å²) < 4.78 is 0. The summed E-state index contributed by atoms with van der Waals surface area (Å²) >= 11 is 0. The highest BCUT2D eigenvalue weighted by Crippen LogP contribution is 2.24. The Morgan fingerprint density at radius 2 is 1.71 bits per heavy atom. The zero-order chi connectivity index (χ0) is 14.7. The zero-order valence-electron chi connectivity index (χ0n) is 11.9. The van der Waals surface area contributed by atoms with Crippen molar-refractivity contribution in [3.63, 3.8) is 0 Å². The molecule has 3 rings (SSSR count). The van der Waals surface area contributed by atoms with E-state index < -0.39 is 0 Å². The Hall–Kier alpha value is -2.85. The van der Waals surface area contributed by atoms with Gasteiger partial charge in [-0.05, 0) is 34.9 Å². The van der Waals surface area contributed by atoms with Crippen molar-refractivity contribution in [1.82, 2.24) is 0 Å². The van der Waals surface area contributed by atoms with Crippen LogP contribution in [0.5, 0.6) is 0 Å². The first kappa shape index (κ1) is 13.1. The quantitative estimate of drug-likeness (QED) is 0.462. The highest BCUT2D eigenvalue weighted by atomic mass is 14.2. The molecule has 3 aromatic rings. The molecule has 0 heterocycles. The standard InChI is InChI=1S/C20H15N/c1-15-6-4-9-17(12-15)19(14-21)13-18-10-5-8-16-7-2-3-11-20(16)18/h2-13H,1H3. The van der Waals surface area contributed by atoms with Crippen LogP contribution in [0.3, 0.4) is 0 Å². The number of rotatable bonds is 2. The van der Waals surface area contributed by atoms with Gasteiger partial charge in [0, 0.05) is 0 Å². The molecule has 0 saturated heterocycles. The topological polar surface area (TPSA) is 23.8 Å². The molecule has 0 aliphatic rings. The molecule has 0 spiro atoms. The van der Waals surface area contributed by atoms with Gasteiger partial charge in [0.2, 0.25) is 0 Å². The Morgan fingerprint density at radius 3 is 2.52 bits per heavy atom. The van der Waals surface area contributed by atoms with E-state index in [2.05, 4.69) is 30.3 Å². The number of aryl methyl sites for hydroxylation is 1. The average molecular weight is 269 g/mol. The molecule has 0 saturated carbocycles. The van der Waals surface area contributed by atoms with Crippen LogP contribution >= 0.6 is 0 Å². The summed E-state index contributed by atoms with van der Waals surface area (Å²) in [5, 5.41) is 11.8. The molecule has 1 heteroatoms. The smallest absolute Gasteiger partial charge is 0.0998 e. The van der Waals surface area contributed by atoms with Crippen molar-refractivity contribution in [2.24, 2.45) is 0 Å². The van der Waals surface area contributed by atoms with Gasteiger partial charge in [0.05, 0.1) is 11.6 Å². The molecule has 0 aliphatic heterocycles. The van der Waals surface area contributed by atoms with Crippen molar-refractivity contribution in [3.8, 4) is 6.07 Å². The molecule has 0 amide bonds. The highest BCUT2D eigenvalue weighted by Gasteiger charge is 2.03. The first-order valence-corrected chi connectivity index (χ1v) is 6.94. The van der Waals surface area contributed by atoms with Crippen molar-refractivity contribution >= 4 is 22.4 Å². The van der Waals surface area contributed by atoms with Gasteiger partial charge in [-0.25, -0.2) is 0 Å². The van der Waals surface area contributed by atoms with Gasteiger partial charge in [0.1, 0.15) is 0 Å². The lowest BCUT2D eigenvalue weighted by Crippen LogP contribution is -1.84. The molecule has 0 atom stereocenters. The molecule has 0 N–H and O–H groups in total. The van der Waals surface area contributed by atoms with Gasteiger partial charge < -0.3 is 0 Å². The maximum Gasteiger partial charge on any atom is 0.0998 e. The maximum absolute atomic E-state index is 9.49. The van der Waals surface area contributed by atoms with E-state index in [4.69, 9.17) is 0 Å². The van der Waals surface area contributed by atoms with Gasteiger partial charge in [-0.15, -0.1) is 0 Å². The molecule has 0 fully saturated rings. The summed E-state index contributed by atoms with van der Waals surface area (Å²) in [5.74, 6) is 0. The number of nitriles is 1. The Balaban J connectivity index is 2.16. The van der Waals surface area contributed by atoms with Crippen molar-refractivity contribution in [2.45, 2.75) is 6.92 Å². The van der Waals surface area contributed by atoms with Crippen LogP contribution < -0.4 is 0 Å². The number of hydrogen-bond acceptors (Lipinski definition) is 1. The molecule has 0 radical (unpaired) electrons. The summed E-state index contributed by atoms with van der Waals surface area (Å²) in [5.41, 5.74) is 3.89. The molecular weight excluding hydrogens is 254 g/mol. The molecule has 0 unspecified atom stereocenters. The number of allylic oxidation sites excluding steroid dienone is 1. The Bertz CT molecular complexity index is 861. The van der Waals surface area contributed by atoms with E-state index in [9.17, 15) is 5.26 Å². The molecule has 1 nitrogen and oxygen atoms in total. The average Bonchev–Trinajstić information content (AvgIpc) is 2.52. The van der Waals surface area contributed by atoms with Crippen LogP contribution in [0.1, 0.15) is 16.7 Å². The van der Waals surface area contributed by atoms with Crippen molar-refractivity contribution in [1.29, 1.82) is 5.26 Å². The second-order valence-electron chi connectivity index (χ2n) is 5.11. The van der Waals surface area contributed by atoms with Gasteiger partial charge in [-0.1, -0.05) is 72.3 Å². The molecule has 21 heavy (non-hydrogen) atoms. The number of hydrogen-bond donors (Lipinski definition) is 0. The molecule has 100 valence electrons. The third-order valence-corrected chi connectivity index (χ3v) is 3.57. The van der Waals surface area contributed by atoms with Crippen LogP contribution in [0.15, 0.2) is 66.7 Å². The zero-order valence-corrected chi connectivity index (χ0v) is 11.9. The fourth-order valence-electron chi connectivity index (χ4n) is 2.52. The largest absolute Gasteiger partial charge is 0.192 e. The minimum Gasteiger partial charge on any atom is -0.192 e. The molecular formula is C20H15N. The van der Waals surface area contributed by atoms with E-state index in [0.717, 1.165) is 16.7 Å². The van der Waals surface area contributed by atoms with Crippen molar-refractivity contribution in [3.05, 3.63) is 83.4 Å². The van der Waals surface area contributed by atoms with Crippen LogP contribution in [0.2, 0.25) is 0 Å². The number of nitrogens with zero attached hydrogens (tertiary/aromatic N) is 1. The van der Waals surface area contributed by atoms with E-state index in [0.29, 0.717) is 5.57 Å². The van der Waals surface area contributed by atoms with Crippen LogP contribution in [-0.2, 0) is 0 Å².